The Morgan fingerprint density at radius 3 is 2.92 bits per heavy atom. The van der Waals surface area contributed by atoms with Crippen molar-refractivity contribution in [1.29, 1.82) is 0 Å². The molecule has 0 saturated carbocycles. The average Bonchev–Trinajstić information content (AvgIpc) is 2.16. The normalized spacial score (nSPS) is 30.7. The number of rotatable bonds is 4. The molecule has 1 rings (SSSR count). The SMILES string of the molecule is COC1CN(C)CCC1CO[CH2][SnH]. The summed E-state index contributed by atoms with van der Waals surface area (Å²) in [5, 5.41) is 0. The second-order valence-electron chi connectivity index (χ2n) is 3.62. The standard InChI is InChI=1S/C9H18NO2.Sn.H/c1-10-5-4-8(7-11-2)9(6-10)12-3;;/h8-9H,2,4-7H2,1,3H3;;. The molecular formula is C9H19NO2Sn. The molecule has 0 amide bonds. The van der Waals surface area contributed by atoms with E-state index in [2.05, 4.69) is 11.9 Å². The zero-order valence-electron chi connectivity index (χ0n) is 8.53. The molecule has 13 heavy (non-hydrogen) atoms. The van der Waals surface area contributed by atoms with Crippen LogP contribution in [0.3, 0.4) is 0 Å². The molecule has 2 radical (unpaired) electrons. The number of ether oxygens (including phenoxy) is 2. The molecule has 2 atom stereocenters. The van der Waals surface area contributed by atoms with Crippen molar-refractivity contribution < 1.29 is 9.47 Å². The summed E-state index contributed by atoms with van der Waals surface area (Å²) in [5.74, 6) is 0.605. The molecular weight excluding hydrogens is 273 g/mol. The molecule has 3 nitrogen and oxygen atoms in total. The van der Waals surface area contributed by atoms with Gasteiger partial charge >= 0.3 is 93.8 Å². The van der Waals surface area contributed by atoms with Gasteiger partial charge in [-0.3, -0.25) is 0 Å². The van der Waals surface area contributed by atoms with Crippen LogP contribution in [-0.4, -0.2) is 72.0 Å². The van der Waals surface area contributed by atoms with Gasteiger partial charge in [0, 0.05) is 0 Å². The number of piperidine rings is 1. The van der Waals surface area contributed by atoms with E-state index in [0.29, 0.717) is 12.0 Å². The first kappa shape index (κ1) is 11.8. The molecule has 0 bridgehead atoms. The van der Waals surface area contributed by atoms with Gasteiger partial charge in [0.1, 0.15) is 0 Å². The Morgan fingerprint density at radius 2 is 2.31 bits per heavy atom. The molecule has 4 heteroatoms. The first-order chi connectivity index (χ1) is 6.27. The number of hydrogen-bond acceptors (Lipinski definition) is 3. The van der Waals surface area contributed by atoms with Gasteiger partial charge in [0.15, 0.2) is 0 Å². The third-order valence-corrected chi connectivity index (χ3v) is 3.32. The summed E-state index contributed by atoms with van der Waals surface area (Å²) in [6.45, 7) is 3.10. The van der Waals surface area contributed by atoms with Gasteiger partial charge in [0.25, 0.3) is 0 Å². The zero-order valence-corrected chi connectivity index (χ0v) is 11.8. The molecule has 2 unspecified atom stereocenters. The van der Waals surface area contributed by atoms with E-state index in [4.69, 9.17) is 9.47 Å². The summed E-state index contributed by atoms with van der Waals surface area (Å²) >= 11 is 1.19. The van der Waals surface area contributed by atoms with Crippen molar-refractivity contribution in [1.82, 2.24) is 4.90 Å². The number of likely N-dealkylation sites (tertiary alicyclic amines) is 1. The molecule has 1 fully saturated rings. The molecule has 1 saturated heterocycles. The minimum atomic E-state index is 0.367. The predicted molar refractivity (Wildman–Crippen MR) is 54.4 cm³/mol. The number of methoxy groups -OCH3 is 1. The van der Waals surface area contributed by atoms with Crippen LogP contribution in [0.5, 0.6) is 0 Å². The molecule has 0 aromatic rings. The Morgan fingerprint density at radius 1 is 1.54 bits per heavy atom. The fourth-order valence-corrected chi connectivity index (χ4v) is 2.19. The van der Waals surface area contributed by atoms with Crippen LogP contribution in [0.4, 0.5) is 0 Å². The van der Waals surface area contributed by atoms with Crippen molar-refractivity contribution in [2.75, 3.05) is 38.5 Å². The molecule has 0 aromatic carbocycles. The third-order valence-electron chi connectivity index (χ3n) is 2.65. The van der Waals surface area contributed by atoms with Crippen LogP contribution < -0.4 is 0 Å². The fourth-order valence-electron chi connectivity index (χ4n) is 1.80. The van der Waals surface area contributed by atoms with Crippen molar-refractivity contribution in [3.05, 3.63) is 0 Å². The van der Waals surface area contributed by atoms with Crippen LogP contribution in [0, 0.1) is 5.92 Å². The maximum absolute atomic E-state index is 5.50. The second-order valence-corrected chi connectivity index (χ2v) is 4.57. The predicted octanol–water partition coefficient (Wildman–Crippen LogP) is -0.172. The molecule has 0 aliphatic carbocycles. The summed E-state index contributed by atoms with van der Waals surface area (Å²) in [7, 11) is 3.95. The van der Waals surface area contributed by atoms with Gasteiger partial charge in [-0.1, -0.05) is 0 Å². The van der Waals surface area contributed by atoms with E-state index >= 15 is 0 Å². The maximum atomic E-state index is 5.50. The van der Waals surface area contributed by atoms with E-state index in [-0.39, 0.29) is 0 Å². The topological polar surface area (TPSA) is 21.7 Å². The van der Waals surface area contributed by atoms with Crippen LogP contribution in [0.2, 0.25) is 0 Å². The molecule has 0 spiro atoms. The van der Waals surface area contributed by atoms with Gasteiger partial charge in [0.2, 0.25) is 0 Å². The zero-order chi connectivity index (χ0) is 9.68. The second kappa shape index (κ2) is 6.22. The number of likely N-dealkylation sites (N-methyl/N-ethyl adjacent to an activating group) is 1. The number of hydrogen-bond donors (Lipinski definition) is 0. The van der Waals surface area contributed by atoms with E-state index < -0.39 is 0 Å². The monoisotopic (exact) mass is 293 g/mol. The molecule has 76 valence electrons. The Balaban J connectivity index is 2.33. The Bertz CT molecular complexity index is 144. The Kier molecular flexibility index (Phi) is 5.62. The Labute approximate surface area is 93.8 Å². The quantitative estimate of drug-likeness (QED) is 0.672. The van der Waals surface area contributed by atoms with E-state index in [1.54, 1.807) is 7.11 Å². The first-order valence-corrected chi connectivity index (χ1v) is 7.10. The van der Waals surface area contributed by atoms with E-state index in [1.165, 1.54) is 35.5 Å². The van der Waals surface area contributed by atoms with E-state index in [1.807, 2.05) is 0 Å². The van der Waals surface area contributed by atoms with E-state index in [0.717, 1.165) is 17.8 Å². The van der Waals surface area contributed by atoms with Gasteiger partial charge in [-0.2, -0.15) is 0 Å². The fraction of sp³-hybridized carbons (Fsp3) is 1.00. The summed E-state index contributed by atoms with van der Waals surface area (Å²) in [6.07, 6.45) is 1.57. The van der Waals surface area contributed by atoms with Crippen LogP contribution in [0.15, 0.2) is 0 Å². The summed E-state index contributed by atoms with van der Waals surface area (Å²) in [5.41, 5.74) is 0. The minimum absolute atomic E-state index is 0.367. The van der Waals surface area contributed by atoms with Gasteiger partial charge in [-0.25, -0.2) is 0 Å². The van der Waals surface area contributed by atoms with Crippen molar-refractivity contribution in [2.24, 2.45) is 5.92 Å². The van der Waals surface area contributed by atoms with Crippen molar-refractivity contribution >= 4 is 22.5 Å². The van der Waals surface area contributed by atoms with Crippen LogP contribution in [0.25, 0.3) is 0 Å². The van der Waals surface area contributed by atoms with Gasteiger partial charge in [-0.05, 0) is 0 Å². The summed E-state index contributed by atoms with van der Waals surface area (Å²) < 4.78 is 11.9. The van der Waals surface area contributed by atoms with Crippen LogP contribution in [-0.2, 0) is 9.47 Å². The van der Waals surface area contributed by atoms with Gasteiger partial charge in [0.05, 0.1) is 0 Å². The van der Waals surface area contributed by atoms with Crippen LogP contribution in [0.1, 0.15) is 6.42 Å². The summed E-state index contributed by atoms with van der Waals surface area (Å²) in [4.78, 5) is 2.32. The average molecular weight is 292 g/mol. The molecule has 1 heterocycles. The summed E-state index contributed by atoms with van der Waals surface area (Å²) in [6, 6.07) is 0. The van der Waals surface area contributed by atoms with Crippen LogP contribution >= 0.6 is 0 Å². The molecule has 1 aliphatic rings. The molecule has 0 aromatic heterocycles. The molecule has 1 aliphatic heterocycles. The van der Waals surface area contributed by atoms with Gasteiger partial charge in [-0.15, -0.1) is 0 Å². The first-order valence-electron chi connectivity index (χ1n) is 4.77. The van der Waals surface area contributed by atoms with E-state index in [9.17, 15) is 0 Å². The Hall–Kier alpha value is 0.679. The number of nitrogens with zero attached hydrogens (tertiary/aromatic N) is 1. The van der Waals surface area contributed by atoms with Crippen molar-refractivity contribution in [3.8, 4) is 0 Å². The van der Waals surface area contributed by atoms with Crippen molar-refractivity contribution in [2.45, 2.75) is 12.5 Å². The van der Waals surface area contributed by atoms with Crippen molar-refractivity contribution in [3.63, 3.8) is 0 Å². The van der Waals surface area contributed by atoms with Gasteiger partial charge < -0.3 is 0 Å². The third kappa shape index (κ3) is 3.73. The molecule has 0 N–H and O–H groups in total.